The Morgan fingerprint density at radius 2 is 1.63 bits per heavy atom. The molecule has 3 aromatic rings. The van der Waals surface area contributed by atoms with Crippen LogP contribution in [0.5, 0.6) is 0 Å². The molecule has 138 valence electrons. The molecule has 1 aliphatic heterocycles. The molecule has 0 unspecified atom stereocenters. The van der Waals surface area contributed by atoms with Crippen LogP contribution in [0.25, 0.3) is 0 Å². The van der Waals surface area contributed by atoms with Crippen LogP contribution in [-0.4, -0.2) is 41.4 Å². The molecule has 0 radical (unpaired) electrons. The van der Waals surface area contributed by atoms with Crippen molar-refractivity contribution >= 4 is 23.1 Å². The van der Waals surface area contributed by atoms with Gasteiger partial charge in [-0.2, -0.15) is 10.1 Å². The van der Waals surface area contributed by atoms with Crippen LogP contribution in [0.4, 0.5) is 27.5 Å². The highest BCUT2D eigenvalue weighted by molar-refractivity contribution is 5.55. The monoisotopic (exact) mass is 364 g/mol. The normalized spacial score (nSPS) is 14.3. The maximum Gasteiger partial charge on any atom is 0.249 e. The number of rotatable bonds is 4. The highest BCUT2D eigenvalue weighted by Crippen LogP contribution is 2.22. The van der Waals surface area contributed by atoms with Gasteiger partial charge in [0.25, 0.3) is 0 Å². The van der Waals surface area contributed by atoms with Crippen LogP contribution < -0.4 is 15.1 Å². The maximum atomic E-state index is 14.0. The predicted octanol–water partition coefficient (Wildman–Crippen LogP) is 3.39. The van der Waals surface area contributed by atoms with Crippen molar-refractivity contribution in [2.45, 2.75) is 6.92 Å². The molecule has 1 aliphatic rings. The first-order chi connectivity index (χ1) is 13.2. The summed E-state index contributed by atoms with van der Waals surface area (Å²) in [4.78, 5) is 8.78. The number of anilines is 4. The third kappa shape index (κ3) is 3.97. The van der Waals surface area contributed by atoms with Gasteiger partial charge in [-0.25, -0.2) is 4.39 Å². The van der Waals surface area contributed by atoms with Gasteiger partial charge in [0.2, 0.25) is 5.95 Å². The summed E-state index contributed by atoms with van der Waals surface area (Å²) >= 11 is 0. The first-order valence-electron chi connectivity index (χ1n) is 8.97. The van der Waals surface area contributed by atoms with E-state index in [9.17, 15) is 4.39 Å². The highest BCUT2D eigenvalue weighted by Gasteiger charge is 2.20. The van der Waals surface area contributed by atoms with Gasteiger partial charge >= 0.3 is 0 Å². The lowest BCUT2D eigenvalue weighted by Gasteiger charge is -2.36. The summed E-state index contributed by atoms with van der Waals surface area (Å²) in [6.45, 7) is 4.99. The SMILES string of the molecule is Cc1ccc(Nc2nncc(N3CCN(c4ccccc4F)CC3)n2)cc1. The van der Waals surface area contributed by atoms with E-state index < -0.39 is 0 Å². The molecule has 1 N–H and O–H groups in total. The zero-order valence-corrected chi connectivity index (χ0v) is 15.1. The average Bonchev–Trinajstić information content (AvgIpc) is 2.71. The van der Waals surface area contributed by atoms with E-state index in [1.54, 1.807) is 12.3 Å². The van der Waals surface area contributed by atoms with E-state index in [0.717, 1.165) is 37.7 Å². The fraction of sp³-hybridized carbons (Fsp3) is 0.250. The number of aryl methyl sites for hydroxylation is 1. The highest BCUT2D eigenvalue weighted by atomic mass is 19.1. The van der Waals surface area contributed by atoms with Crippen LogP contribution in [0.1, 0.15) is 5.56 Å². The Hall–Kier alpha value is -3.22. The minimum atomic E-state index is -0.181. The molecule has 1 aromatic heterocycles. The molecule has 4 rings (SSSR count). The lowest BCUT2D eigenvalue weighted by molar-refractivity contribution is 0.595. The molecule has 6 nitrogen and oxygen atoms in total. The van der Waals surface area contributed by atoms with Crippen molar-refractivity contribution in [1.82, 2.24) is 15.2 Å². The molecule has 1 fully saturated rings. The van der Waals surface area contributed by atoms with Crippen LogP contribution in [0, 0.1) is 12.7 Å². The van der Waals surface area contributed by atoms with E-state index in [0.29, 0.717) is 11.6 Å². The van der Waals surface area contributed by atoms with Crippen molar-refractivity contribution in [1.29, 1.82) is 0 Å². The Balaban J connectivity index is 1.42. The Bertz CT molecular complexity index is 906. The molecule has 0 saturated carbocycles. The lowest BCUT2D eigenvalue weighted by atomic mass is 10.2. The van der Waals surface area contributed by atoms with Crippen molar-refractivity contribution in [3.63, 3.8) is 0 Å². The van der Waals surface area contributed by atoms with E-state index in [1.807, 2.05) is 43.3 Å². The summed E-state index contributed by atoms with van der Waals surface area (Å²) in [5, 5.41) is 11.3. The van der Waals surface area contributed by atoms with E-state index in [2.05, 4.69) is 30.3 Å². The van der Waals surface area contributed by atoms with Crippen molar-refractivity contribution in [3.05, 3.63) is 66.1 Å². The van der Waals surface area contributed by atoms with Gasteiger partial charge in [0, 0.05) is 31.9 Å². The van der Waals surface area contributed by atoms with Gasteiger partial charge in [-0.1, -0.05) is 29.8 Å². The third-order valence-electron chi connectivity index (χ3n) is 4.65. The standard InChI is InChI=1S/C20H21FN6/c1-15-6-8-16(9-7-15)23-20-24-19(14-22-25-20)27-12-10-26(11-13-27)18-5-3-2-4-17(18)21/h2-9,14H,10-13H2,1H3,(H,23,24,25). The minimum Gasteiger partial charge on any atom is -0.366 e. The van der Waals surface area contributed by atoms with E-state index in [1.165, 1.54) is 11.6 Å². The van der Waals surface area contributed by atoms with E-state index in [-0.39, 0.29) is 5.82 Å². The molecule has 2 aromatic carbocycles. The number of halogens is 1. The first-order valence-corrected chi connectivity index (χ1v) is 8.97. The Morgan fingerprint density at radius 1 is 0.926 bits per heavy atom. The summed E-state index contributed by atoms with van der Waals surface area (Å²) in [6.07, 6.45) is 1.67. The van der Waals surface area contributed by atoms with Gasteiger partial charge in [-0.3, -0.25) is 0 Å². The summed E-state index contributed by atoms with van der Waals surface area (Å²) in [6, 6.07) is 14.9. The van der Waals surface area contributed by atoms with Crippen molar-refractivity contribution in [3.8, 4) is 0 Å². The van der Waals surface area contributed by atoms with Gasteiger partial charge in [0.15, 0.2) is 5.82 Å². The van der Waals surface area contributed by atoms with Crippen LogP contribution in [0.2, 0.25) is 0 Å². The first kappa shape index (κ1) is 17.2. The summed E-state index contributed by atoms with van der Waals surface area (Å²) < 4.78 is 14.0. The summed E-state index contributed by atoms with van der Waals surface area (Å²) in [5.41, 5.74) is 2.77. The Morgan fingerprint density at radius 3 is 2.37 bits per heavy atom. The Kier molecular flexibility index (Phi) is 4.82. The van der Waals surface area contributed by atoms with E-state index >= 15 is 0 Å². The quantitative estimate of drug-likeness (QED) is 0.766. The second-order valence-corrected chi connectivity index (χ2v) is 6.55. The molecule has 0 spiro atoms. The number of piperazine rings is 1. The van der Waals surface area contributed by atoms with Crippen LogP contribution in [0.3, 0.4) is 0 Å². The second kappa shape index (κ2) is 7.57. The van der Waals surface area contributed by atoms with Gasteiger partial charge in [-0.15, -0.1) is 5.10 Å². The number of hydrogen-bond donors (Lipinski definition) is 1. The molecule has 27 heavy (non-hydrogen) atoms. The van der Waals surface area contributed by atoms with Crippen LogP contribution in [-0.2, 0) is 0 Å². The predicted molar refractivity (Wildman–Crippen MR) is 105 cm³/mol. The Labute approximate surface area is 157 Å². The van der Waals surface area contributed by atoms with Gasteiger partial charge in [0.05, 0.1) is 11.9 Å². The zero-order valence-electron chi connectivity index (χ0n) is 15.1. The molecule has 0 bridgehead atoms. The average molecular weight is 364 g/mol. The summed E-state index contributed by atoms with van der Waals surface area (Å²) in [7, 11) is 0. The number of para-hydroxylation sites is 1. The largest absolute Gasteiger partial charge is 0.366 e. The number of hydrogen-bond acceptors (Lipinski definition) is 6. The van der Waals surface area contributed by atoms with E-state index in [4.69, 9.17) is 0 Å². The molecular formula is C20H21FN6. The molecule has 0 aliphatic carbocycles. The second-order valence-electron chi connectivity index (χ2n) is 6.55. The number of nitrogens with zero attached hydrogens (tertiary/aromatic N) is 5. The molecule has 2 heterocycles. The molecule has 1 saturated heterocycles. The number of aromatic nitrogens is 3. The van der Waals surface area contributed by atoms with Gasteiger partial charge in [-0.05, 0) is 31.2 Å². The zero-order chi connectivity index (χ0) is 18.6. The molecule has 0 atom stereocenters. The van der Waals surface area contributed by atoms with Gasteiger partial charge < -0.3 is 15.1 Å². The smallest absolute Gasteiger partial charge is 0.249 e. The van der Waals surface area contributed by atoms with Crippen molar-refractivity contribution in [2.24, 2.45) is 0 Å². The third-order valence-corrected chi connectivity index (χ3v) is 4.65. The topological polar surface area (TPSA) is 57.2 Å². The molecular weight excluding hydrogens is 343 g/mol. The lowest BCUT2D eigenvalue weighted by Crippen LogP contribution is -2.47. The fourth-order valence-corrected chi connectivity index (χ4v) is 3.15. The van der Waals surface area contributed by atoms with Crippen molar-refractivity contribution in [2.75, 3.05) is 41.3 Å². The van der Waals surface area contributed by atoms with Gasteiger partial charge in [0.1, 0.15) is 5.82 Å². The molecule has 7 heteroatoms. The molecule has 0 amide bonds. The summed E-state index contributed by atoms with van der Waals surface area (Å²) in [5.74, 6) is 1.06. The number of benzene rings is 2. The minimum absolute atomic E-state index is 0.181. The fourth-order valence-electron chi connectivity index (χ4n) is 3.15. The number of nitrogens with one attached hydrogen (secondary N) is 1. The van der Waals surface area contributed by atoms with Crippen LogP contribution >= 0.6 is 0 Å². The maximum absolute atomic E-state index is 14.0. The van der Waals surface area contributed by atoms with Crippen molar-refractivity contribution < 1.29 is 4.39 Å². The van der Waals surface area contributed by atoms with Crippen LogP contribution in [0.15, 0.2) is 54.7 Å².